The lowest BCUT2D eigenvalue weighted by molar-refractivity contribution is -0.210. The van der Waals surface area contributed by atoms with E-state index in [1.54, 1.807) is 31.2 Å². The number of ketones is 1. The van der Waals surface area contributed by atoms with E-state index in [1.165, 1.54) is 58.4 Å². The van der Waals surface area contributed by atoms with Gasteiger partial charge in [0.15, 0.2) is 23.6 Å². The van der Waals surface area contributed by atoms with Crippen LogP contribution in [0.1, 0.15) is 106 Å². The number of esters is 3. The molecule has 4 aliphatic rings. The minimum atomic E-state index is -2.16. The van der Waals surface area contributed by atoms with Crippen molar-refractivity contribution in [3.8, 4) is 0 Å². The van der Waals surface area contributed by atoms with Crippen LogP contribution in [0.5, 0.6) is 0 Å². The number of aliphatic hydroxyl groups is 1. The van der Waals surface area contributed by atoms with Crippen LogP contribution in [0.3, 0.4) is 0 Å². The van der Waals surface area contributed by atoms with Crippen molar-refractivity contribution < 1.29 is 38.5 Å². The van der Waals surface area contributed by atoms with Crippen LogP contribution in [-0.2, 0) is 33.4 Å². The Bertz CT molecular complexity index is 1300. The highest BCUT2D eigenvalue weighted by atomic mass is 16.6. The maximum atomic E-state index is 14.8. The van der Waals surface area contributed by atoms with Gasteiger partial charge in [0.25, 0.3) is 0 Å². The van der Waals surface area contributed by atoms with Gasteiger partial charge in [-0.15, -0.1) is 0 Å². The molecule has 0 amide bonds. The third-order valence-corrected chi connectivity index (χ3v) is 11.1. The van der Waals surface area contributed by atoms with Crippen LogP contribution >= 0.6 is 0 Å². The van der Waals surface area contributed by atoms with Gasteiger partial charge in [-0.1, -0.05) is 96.6 Å². The van der Waals surface area contributed by atoms with E-state index in [0.717, 1.165) is 12.8 Å². The molecule has 8 atom stereocenters. The van der Waals surface area contributed by atoms with Crippen molar-refractivity contribution in [1.82, 2.24) is 0 Å². The van der Waals surface area contributed by atoms with Crippen LogP contribution in [-0.4, -0.2) is 53.2 Å². The highest BCUT2D eigenvalue weighted by Crippen LogP contribution is 2.72. The van der Waals surface area contributed by atoms with E-state index >= 15 is 0 Å². The van der Waals surface area contributed by atoms with E-state index in [0.29, 0.717) is 17.6 Å². The van der Waals surface area contributed by atoms with Crippen LogP contribution < -0.4 is 0 Å². The molecule has 4 aliphatic carbocycles. The minimum Gasteiger partial charge on any atom is -0.461 e. The highest BCUT2D eigenvalue weighted by Gasteiger charge is 2.77. The summed E-state index contributed by atoms with van der Waals surface area (Å²) in [5, 5.41) is 13.0. The molecule has 2 fully saturated rings. The van der Waals surface area contributed by atoms with Crippen molar-refractivity contribution in [1.29, 1.82) is 0 Å². The summed E-state index contributed by atoms with van der Waals surface area (Å²) in [5.74, 6) is -2.81. The third kappa shape index (κ3) is 6.69. The molecular weight excluding hydrogens is 584 g/mol. The van der Waals surface area contributed by atoms with Gasteiger partial charge in [-0.05, 0) is 54.9 Å². The Labute approximate surface area is 274 Å². The fraction of sp³-hybridized carbons (Fsp3) is 0.684. The van der Waals surface area contributed by atoms with Crippen molar-refractivity contribution in [2.45, 2.75) is 124 Å². The van der Waals surface area contributed by atoms with Gasteiger partial charge in [0.05, 0.1) is 5.41 Å². The maximum Gasteiger partial charge on any atom is 0.331 e. The molecule has 4 rings (SSSR count). The Balaban J connectivity index is 1.65. The fourth-order valence-electron chi connectivity index (χ4n) is 8.76. The number of carbonyl (C=O) groups excluding carboxylic acids is 4. The van der Waals surface area contributed by atoms with E-state index in [4.69, 9.17) is 14.2 Å². The summed E-state index contributed by atoms with van der Waals surface area (Å²) in [4.78, 5) is 52.6. The average Bonchev–Trinajstić information content (AvgIpc) is 3.48. The summed E-state index contributed by atoms with van der Waals surface area (Å²) in [6.45, 7) is 12.4. The molecule has 0 aromatic carbocycles. The largest absolute Gasteiger partial charge is 0.461 e. The Morgan fingerprint density at radius 1 is 0.978 bits per heavy atom. The summed E-state index contributed by atoms with van der Waals surface area (Å²) < 4.78 is 17.3. The number of fused-ring (bicyclic) bond motifs is 3. The van der Waals surface area contributed by atoms with Gasteiger partial charge >= 0.3 is 17.9 Å². The van der Waals surface area contributed by atoms with E-state index in [9.17, 15) is 24.3 Å². The molecule has 0 radical (unpaired) electrons. The molecule has 8 nitrogen and oxygen atoms in total. The second-order valence-electron chi connectivity index (χ2n) is 14.6. The molecule has 2 saturated carbocycles. The van der Waals surface area contributed by atoms with Crippen molar-refractivity contribution in [2.75, 3.05) is 6.61 Å². The second-order valence-corrected chi connectivity index (χ2v) is 14.6. The zero-order chi connectivity index (χ0) is 33.9. The van der Waals surface area contributed by atoms with Gasteiger partial charge in [0, 0.05) is 31.4 Å². The number of Topliss-reactive ketones (excluding diaryl/α,β-unsaturated/α-hetero) is 1. The number of unbranched alkanes of at least 4 members (excludes halogenated alkanes) is 7. The Morgan fingerprint density at radius 3 is 2.30 bits per heavy atom. The molecule has 2 bridgehead atoms. The Kier molecular flexibility index (Phi) is 11.2. The first kappa shape index (κ1) is 35.8. The van der Waals surface area contributed by atoms with Crippen LogP contribution in [0.25, 0.3) is 0 Å². The number of allylic oxidation sites excluding steroid dienone is 4. The van der Waals surface area contributed by atoms with Crippen molar-refractivity contribution in [2.24, 2.45) is 34.5 Å². The Hall–Kier alpha value is -3.00. The molecule has 0 aromatic rings. The number of ether oxygens (including phenoxy) is 3. The van der Waals surface area contributed by atoms with E-state index in [-0.39, 0.29) is 35.6 Å². The third-order valence-electron chi connectivity index (χ3n) is 11.1. The quantitative estimate of drug-likeness (QED) is 0.0554. The zero-order valence-corrected chi connectivity index (χ0v) is 28.8. The molecule has 1 N–H and O–H groups in total. The molecule has 0 aliphatic heterocycles. The maximum absolute atomic E-state index is 14.8. The number of hydrogen-bond acceptors (Lipinski definition) is 8. The first-order valence-electron chi connectivity index (χ1n) is 17.2. The van der Waals surface area contributed by atoms with Gasteiger partial charge in [-0.3, -0.25) is 14.4 Å². The number of carbonyl (C=O) groups is 4. The summed E-state index contributed by atoms with van der Waals surface area (Å²) in [7, 11) is 0. The topological polar surface area (TPSA) is 116 Å². The zero-order valence-electron chi connectivity index (χ0n) is 28.8. The molecule has 1 spiro atoms. The second kappa shape index (κ2) is 14.4. The smallest absolute Gasteiger partial charge is 0.331 e. The molecule has 0 heterocycles. The van der Waals surface area contributed by atoms with Crippen LogP contribution in [0.15, 0.2) is 47.6 Å². The van der Waals surface area contributed by atoms with Crippen molar-refractivity contribution in [3.05, 3.63) is 47.6 Å². The molecule has 46 heavy (non-hydrogen) atoms. The predicted molar refractivity (Wildman–Crippen MR) is 175 cm³/mol. The van der Waals surface area contributed by atoms with Gasteiger partial charge in [-0.2, -0.15) is 0 Å². The summed E-state index contributed by atoms with van der Waals surface area (Å²) >= 11 is 0. The lowest BCUT2D eigenvalue weighted by atomic mass is 9.59. The van der Waals surface area contributed by atoms with E-state index < -0.39 is 47.0 Å². The van der Waals surface area contributed by atoms with Gasteiger partial charge in [0.2, 0.25) is 0 Å². The molecule has 8 heteroatoms. The first-order chi connectivity index (χ1) is 21.7. The number of rotatable bonds is 14. The molecular formula is C38H54O8. The van der Waals surface area contributed by atoms with Crippen LogP contribution in [0, 0.1) is 34.5 Å². The van der Waals surface area contributed by atoms with Gasteiger partial charge in [0.1, 0.15) is 6.61 Å². The standard InChI is InChI=1S/C38H54O8/c1-8-9-10-11-12-13-14-15-16-17-18-19-31(41)46-35-28(23-44-26(4)39)21-29-32-30(36(32,6)7)20-25(3)37(33(29)42)22-24(2)34(38(35,37)43)45-27(5)40/h16-19,21-22,25,29-30,32,34-35,43H,8-15,20,23H2,1-7H3/b17-16-,19-18+/t25-,29+,30-,32+,34+,35-,37+,38-/m1/s1. The fourth-order valence-corrected chi connectivity index (χ4v) is 8.76. The molecule has 0 saturated heterocycles. The average molecular weight is 639 g/mol. The van der Waals surface area contributed by atoms with Gasteiger partial charge in [-0.25, -0.2) is 4.79 Å². The minimum absolute atomic E-state index is 0.00992. The summed E-state index contributed by atoms with van der Waals surface area (Å²) in [6, 6.07) is 0. The highest BCUT2D eigenvalue weighted by molar-refractivity contribution is 5.96. The van der Waals surface area contributed by atoms with Crippen LogP contribution in [0.4, 0.5) is 0 Å². The van der Waals surface area contributed by atoms with Crippen molar-refractivity contribution >= 4 is 23.7 Å². The monoisotopic (exact) mass is 638 g/mol. The molecule has 0 aromatic heterocycles. The first-order valence-corrected chi connectivity index (χ1v) is 17.2. The normalized spacial score (nSPS) is 34.2. The van der Waals surface area contributed by atoms with E-state index in [2.05, 4.69) is 20.8 Å². The van der Waals surface area contributed by atoms with Crippen LogP contribution in [0.2, 0.25) is 0 Å². The van der Waals surface area contributed by atoms with E-state index in [1.807, 2.05) is 13.0 Å². The number of hydrogen-bond donors (Lipinski definition) is 1. The summed E-state index contributed by atoms with van der Waals surface area (Å²) in [6.07, 6.45) is 17.7. The lowest BCUT2D eigenvalue weighted by Crippen LogP contribution is -2.66. The summed E-state index contributed by atoms with van der Waals surface area (Å²) in [5.41, 5.74) is -2.93. The van der Waals surface area contributed by atoms with Gasteiger partial charge < -0.3 is 19.3 Å². The predicted octanol–water partition coefficient (Wildman–Crippen LogP) is 6.76. The molecule has 0 unspecified atom stereocenters. The van der Waals surface area contributed by atoms with Crippen molar-refractivity contribution in [3.63, 3.8) is 0 Å². The Morgan fingerprint density at radius 2 is 1.65 bits per heavy atom. The lowest BCUT2D eigenvalue weighted by Gasteiger charge is -2.49. The SMILES string of the molecule is CCCCCCCCC/C=C\C=C\C(=O)O[C@@H]1C(COC(C)=O)=C[C@@H]2C(=O)[C@]3(C=C(C)[C@H](OC(C)=O)[C@@]13O)[C@H](C)C[C@@H]1[C@H]2C1(C)C. The molecule has 254 valence electrons.